The van der Waals surface area contributed by atoms with E-state index < -0.39 is 0 Å². The van der Waals surface area contributed by atoms with Crippen LogP contribution >= 0.6 is 11.3 Å². The van der Waals surface area contributed by atoms with Gasteiger partial charge in [-0.2, -0.15) is 0 Å². The highest BCUT2D eigenvalue weighted by molar-refractivity contribution is 7.21. The monoisotopic (exact) mass is 422 g/mol. The minimum absolute atomic E-state index is 0.0654. The lowest BCUT2D eigenvalue weighted by Crippen LogP contribution is -2.45. The number of likely N-dealkylation sites (tertiary alicyclic amines) is 1. The average molecular weight is 423 g/mol. The second-order valence-corrected chi connectivity index (χ2v) is 9.01. The molecule has 30 heavy (non-hydrogen) atoms. The van der Waals surface area contributed by atoms with Crippen LogP contribution in [0.2, 0.25) is 0 Å². The lowest BCUT2D eigenvalue weighted by Gasteiger charge is -2.25. The number of amides is 2. The second-order valence-electron chi connectivity index (χ2n) is 7.98. The lowest BCUT2D eigenvalue weighted by atomic mass is 10.2. The van der Waals surface area contributed by atoms with Gasteiger partial charge in [0, 0.05) is 25.3 Å². The molecular weight excluding hydrogens is 396 g/mol. The number of anilines is 1. The fraction of sp³-hybridized carbons (Fsp3) is 0.348. The van der Waals surface area contributed by atoms with Crippen LogP contribution in [0.15, 0.2) is 42.5 Å². The summed E-state index contributed by atoms with van der Waals surface area (Å²) < 4.78 is 1.18. The maximum Gasteiger partial charge on any atom is 0.239 e. The number of fused-ring (bicyclic) bond motifs is 1. The van der Waals surface area contributed by atoms with Crippen molar-refractivity contribution in [3.05, 3.63) is 48.0 Å². The second kappa shape index (κ2) is 8.53. The molecule has 4 rings (SSSR count). The van der Waals surface area contributed by atoms with Gasteiger partial charge in [0.1, 0.15) is 5.01 Å². The Labute approximate surface area is 180 Å². The van der Waals surface area contributed by atoms with Crippen LogP contribution in [0.4, 0.5) is 5.69 Å². The molecule has 7 heteroatoms. The van der Waals surface area contributed by atoms with Crippen molar-refractivity contribution >= 4 is 39.1 Å². The summed E-state index contributed by atoms with van der Waals surface area (Å²) in [5, 5.41) is 3.92. The Morgan fingerprint density at radius 2 is 1.97 bits per heavy atom. The number of rotatable bonds is 5. The summed E-state index contributed by atoms with van der Waals surface area (Å²) in [7, 11) is 3.51. The van der Waals surface area contributed by atoms with Crippen molar-refractivity contribution in [2.24, 2.45) is 0 Å². The van der Waals surface area contributed by atoms with E-state index in [0.29, 0.717) is 0 Å². The van der Waals surface area contributed by atoms with Gasteiger partial charge in [-0.1, -0.05) is 6.07 Å². The maximum atomic E-state index is 12.5. The van der Waals surface area contributed by atoms with Crippen LogP contribution in [-0.4, -0.2) is 59.8 Å². The number of benzene rings is 2. The molecule has 2 aromatic carbocycles. The number of hydrogen-bond donors (Lipinski definition) is 1. The van der Waals surface area contributed by atoms with Gasteiger partial charge in [0.2, 0.25) is 11.8 Å². The Morgan fingerprint density at radius 1 is 1.20 bits per heavy atom. The molecule has 0 bridgehead atoms. The van der Waals surface area contributed by atoms with Crippen molar-refractivity contribution in [2.75, 3.05) is 32.5 Å². The highest BCUT2D eigenvalue weighted by Gasteiger charge is 2.32. The Morgan fingerprint density at radius 3 is 2.70 bits per heavy atom. The highest BCUT2D eigenvalue weighted by atomic mass is 32.1. The van der Waals surface area contributed by atoms with E-state index >= 15 is 0 Å². The molecule has 0 saturated carbocycles. The number of aromatic nitrogens is 1. The quantitative estimate of drug-likeness (QED) is 0.680. The molecule has 1 aliphatic heterocycles. The number of nitrogens with zero attached hydrogens (tertiary/aromatic N) is 3. The van der Waals surface area contributed by atoms with Crippen LogP contribution < -0.4 is 5.32 Å². The van der Waals surface area contributed by atoms with E-state index in [9.17, 15) is 9.59 Å². The molecule has 1 aliphatic rings. The molecule has 1 saturated heterocycles. The Balaban J connectivity index is 1.40. The lowest BCUT2D eigenvalue weighted by molar-refractivity contribution is -0.133. The normalized spacial score (nSPS) is 16.7. The van der Waals surface area contributed by atoms with Gasteiger partial charge < -0.3 is 10.2 Å². The van der Waals surface area contributed by atoms with Crippen LogP contribution in [0.25, 0.3) is 20.8 Å². The summed E-state index contributed by atoms with van der Waals surface area (Å²) in [6.07, 6.45) is 1.74. The molecule has 1 fully saturated rings. The third kappa shape index (κ3) is 4.37. The van der Waals surface area contributed by atoms with Gasteiger partial charge in [-0.25, -0.2) is 4.98 Å². The molecule has 0 aliphatic carbocycles. The van der Waals surface area contributed by atoms with E-state index in [2.05, 4.69) is 24.4 Å². The van der Waals surface area contributed by atoms with Gasteiger partial charge in [0.05, 0.1) is 22.8 Å². The first kappa shape index (κ1) is 20.5. The molecule has 1 aromatic heterocycles. The molecule has 1 N–H and O–H groups in total. The van der Waals surface area contributed by atoms with Crippen LogP contribution in [0.3, 0.4) is 0 Å². The van der Waals surface area contributed by atoms with Crippen LogP contribution in [0.1, 0.15) is 18.4 Å². The Hall–Kier alpha value is -2.77. The van der Waals surface area contributed by atoms with E-state index in [1.807, 2.05) is 35.2 Å². The largest absolute Gasteiger partial charge is 0.347 e. The summed E-state index contributed by atoms with van der Waals surface area (Å²) >= 11 is 1.67. The number of carbonyl (C=O) groups is 2. The number of thiazole rings is 1. The highest BCUT2D eigenvalue weighted by Crippen LogP contribution is 2.31. The molecule has 156 valence electrons. The summed E-state index contributed by atoms with van der Waals surface area (Å²) in [6.45, 7) is 3.08. The van der Waals surface area contributed by atoms with E-state index in [0.717, 1.165) is 41.2 Å². The zero-order chi connectivity index (χ0) is 21.3. The van der Waals surface area contributed by atoms with Crippen molar-refractivity contribution in [2.45, 2.75) is 25.8 Å². The molecule has 0 radical (unpaired) electrons. The van der Waals surface area contributed by atoms with Crippen molar-refractivity contribution in [1.82, 2.24) is 14.8 Å². The van der Waals surface area contributed by atoms with Gasteiger partial charge in [-0.05, 0) is 68.3 Å². The van der Waals surface area contributed by atoms with Crippen LogP contribution in [-0.2, 0) is 9.59 Å². The molecular formula is C23H26N4O2S. The maximum absolute atomic E-state index is 12.5. The van der Waals surface area contributed by atoms with E-state index in [1.54, 1.807) is 30.3 Å². The average Bonchev–Trinajstić information content (AvgIpc) is 3.34. The minimum atomic E-state index is -0.198. The number of carbonyl (C=O) groups excluding carboxylic acids is 2. The third-order valence-corrected chi connectivity index (χ3v) is 6.46. The molecule has 1 atom stereocenters. The van der Waals surface area contributed by atoms with Crippen molar-refractivity contribution in [3.63, 3.8) is 0 Å². The fourth-order valence-corrected chi connectivity index (χ4v) is 4.90. The van der Waals surface area contributed by atoms with E-state index in [-0.39, 0.29) is 24.4 Å². The first-order valence-electron chi connectivity index (χ1n) is 10.1. The summed E-state index contributed by atoms with van der Waals surface area (Å²) in [6, 6.07) is 13.8. The summed E-state index contributed by atoms with van der Waals surface area (Å²) in [5.74, 6) is -0.0349. The standard InChI is InChI=1S/C23H26N4O2S/c1-15-6-11-18-20(13-15)30-22(25-18)16-7-9-17(10-8-16)24-21(28)14-27-12-4-5-19(27)23(29)26(2)3/h6-11,13,19H,4-5,12,14H2,1-3H3,(H,24,28)/t19-/m1/s1. The molecule has 6 nitrogen and oxygen atoms in total. The number of nitrogens with one attached hydrogen (secondary N) is 1. The van der Waals surface area contributed by atoms with Crippen molar-refractivity contribution in [1.29, 1.82) is 0 Å². The number of hydrogen-bond acceptors (Lipinski definition) is 5. The number of likely N-dealkylation sites (N-methyl/N-ethyl adjacent to an activating group) is 1. The number of aryl methyl sites for hydroxylation is 1. The fourth-order valence-electron chi connectivity index (χ4n) is 3.83. The molecule has 2 amide bonds. The zero-order valence-corrected chi connectivity index (χ0v) is 18.3. The molecule has 0 spiro atoms. The minimum Gasteiger partial charge on any atom is -0.347 e. The van der Waals surface area contributed by atoms with Gasteiger partial charge in [0.25, 0.3) is 0 Å². The first-order valence-corrected chi connectivity index (χ1v) is 10.9. The van der Waals surface area contributed by atoms with Crippen molar-refractivity contribution in [3.8, 4) is 10.6 Å². The summed E-state index contributed by atoms with van der Waals surface area (Å²) in [4.78, 5) is 33.1. The van der Waals surface area contributed by atoms with Gasteiger partial charge >= 0.3 is 0 Å². The zero-order valence-electron chi connectivity index (χ0n) is 17.5. The first-order chi connectivity index (χ1) is 14.4. The van der Waals surface area contributed by atoms with E-state index in [1.165, 1.54) is 10.3 Å². The summed E-state index contributed by atoms with van der Waals surface area (Å²) in [5.41, 5.74) is 4.01. The van der Waals surface area contributed by atoms with Gasteiger partial charge in [0.15, 0.2) is 0 Å². The predicted molar refractivity (Wildman–Crippen MR) is 122 cm³/mol. The van der Waals surface area contributed by atoms with Crippen molar-refractivity contribution < 1.29 is 9.59 Å². The molecule has 3 aromatic rings. The molecule has 0 unspecified atom stereocenters. The van der Waals surface area contributed by atoms with Crippen LogP contribution in [0.5, 0.6) is 0 Å². The smallest absolute Gasteiger partial charge is 0.239 e. The van der Waals surface area contributed by atoms with E-state index in [4.69, 9.17) is 4.98 Å². The Bertz CT molecular complexity index is 1070. The van der Waals surface area contributed by atoms with Gasteiger partial charge in [-0.3, -0.25) is 14.5 Å². The SMILES string of the molecule is Cc1ccc2nc(-c3ccc(NC(=O)CN4CCC[C@@H]4C(=O)N(C)C)cc3)sc2c1. The van der Waals surface area contributed by atoms with Crippen LogP contribution in [0, 0.1) is 6.92 Å². The Kier molecular flexibility index (Phi) is 5.83. The third-order valence-electron chi connectivity index (χ3n) is 5.40. The topological polar surface area (TPSA) is 65.5 Å². The van der Waals surface area contributed by atoms with Gasteiger partial charge in [-0.15, -0.1) is 11.3 Å². The predicted octanol–water partition coefficient (Wildman–Crippen LogP) is 3.76. The molecule has 2 heterocycles.